The van der Waals surface area contributed by atoms with Crippen LogP contribution in [0, 0.1) is 0 Å². The van der Waals surface area contributed by atoms with Crippen molar-refractivity contribution < 1.29 is 13.2 Å². The summed E-state index contributed by atoms with van der Waals surface area (Å²) in [5.74, 6) is 0. The smallest absolute Gasteiger partial charge is 0.332 e. The van der Waals surface area contributed by atoms with Crippen LogP contribution in [0.5, 0.6) is 0 Å². The molecule has 1 heterocycles. The third-order valence-electron chi connectivity index (χ3n) is 1.90. The first-order valence-electron chi connectivity index (χ1n) is 4.39. The molecule has 1 N–H and O–H groups in total. The van der Waals surface area contributed by atoms with Crippen molar-refractivity contribution in [2.45, 2.75) is 6.18 Å². The molecule has 0 amide bonds. The Balaban J connectivity index is 2.14. The molecule has 16 heavy (non-hydrogen) atoms. The van der Waals surface area contributed by atoms with Crippen LogP contribution in [0.4, 0.5) is 24.0 Å². The summed E-state index contributed by atoms with van der Waals surface area (Å²) in [6, 6.07) is 4.83. The highest BCUT2D eigenvalue weighted by atomic mass is 32.1. The lowest BCUT2D eigenvalue weighted by molar-refractivity contribution is -0.137. The van der Waals surface area contributed by atoms with Crippen LogP contribution in [0.25, 0.3) is 0 Å². The lowest BCUT2D eigenvalue weighted by Gasteiger charge is -2.07. The number of alkyl halides is 3. The molecular weight excluding hydrogens is 237 g/mol. The predicted molar refractivity (Wildman–Crippen MR) is 56.8 cm³/mol. The molecule has 1 aromatic carbocycles. The number of nitrogens with zero attached hydrogens (tertiary/aromatic N) is 1. The summed E-state index contributed by atoms with van der Waals surface area (Å²) in [6.45, 7) is 0. The van der Waals surface area contributed by atoms with Crippen LogP contribution in [0.15, 0.2) is 35.8 Å². The van der Waals surface area contributed by atoms with Crippen molar-refractivity contribution in [2.24, 2.45) is 0 Å². The first-order chi connectivity index (χ1) is 7.55. The number of anilines is 2. The van der Waals surface area contributed by atoms with Crippen LogP contribution in [0.3, 0.4) is 0 Å². The molecule has 0 radical (unpaired) electrons. The molecule has 0 aliphatic heterocycles. The van der Waals surface area contributed by atoms with Gasteiger partial charge >= 0.3 is 6.18 Å². The van der Waals surface area contributed by atoms with Gasteiger partial charge in [0.15, 0.2) is 5.13 Å². The maximum Gasteiger partial charge on any atom is 0.416 e. The van der Waals surface area contributed by atoms with E-state index in [1.165, 1.54) is 23.5 Å². The first kappa shape index (κ1) is 10.9. The van der Waals surface area contributed by atoms with Crippen molar-refractivity contribution in [1.29, 1.82) is 0 Å². The van der Waals surface area contributed by atoms with E-state index in [1.54, 1.807) is 11.6 Å². The van der Waals surface area contributed by atoms with E-state index in [2.05, 4.69) is 10.3 Å². The molecule has 0 aliphatic rings. The number of aromatic nitrogens is 1. The van der Waals surface area contributed by atoms with E-state index in [-0.39, 0.29) is 0 Å². The highest BCUT2D eigenvalue weighted by Gasteiger charge is 2.29. The minimum absolute atomic E-state index is 0.586. The van der Waals surface area contributed by atoms with Crippen molar-refractivity contribution in [2.75, 3.05) is 5.32 Å². The van der Waals surface area contributed by atoms with Gasteiger partial charge in [0.1, 0.15) is 0 Å². The van der Waals surface area contributed by atoms with Crippen LogP contribution in [-0.2, 0) is 6.18 Å². The number of hydrogen-bond donors (Lipinski definition) is 1. The Kier molecular flexibility index (Phi) is 2.82. The summed E-state index contributed by atoms with van der Waals surface area (Å²) < 4.78 is 36.8. The van der Waals surface area contributed by atoms with Gasteiger partial charge in [0.25, 0.3) is 0 Å². The minimum Gasteiger partial charge on any atom is -0.332 e. The second-order valence-electron chi connectivity index (χ2n) is 3.04. The third kappa shape index (κ3) is 2.52. The largest absolute Gasteiger partial charge is 0.416 e. The summed E-state index contributed by atoms with van der Waals surface area (Å²) in [5.41, 5.74) is -0.0693. The van der Waals surface area contributed by atoms with Crippen molar-refractivity contribution in [1.82, 2.24) is 4.98 Å². The lowest BCUT2D eigenvalue weighted by atomic mass is 10.2. The molecule has 84 valence electrons. The normalized spacial score (nSPS) is 11.4. The summed E-state index contributed by atoms with van der Waals surface area (Å²) in [6.07, 6.45) is -2.67. The van der Waals surface area contributed by atoms with Gasteiger partial charge in [-0.1, -0.05) is 0 Å². The van der Waals surface area contributed by atoms with E-state index in [9.17, 15) is 13.2 Å². The Morgan fingerprint density at radius 3 is 2.31 bits per heavy atom. The minimum atomic E-state index is -4.29. The number of thiazole rings is 1. The Hall–Kier alpha value is -1.56. The summed E-state index contributed by atoms with van der Waals surface area (Å²) >= 11 is 1.38. The summed E-state index contributed by atoms with van der Waals surface area (Å²) in [7, 11) is 0. The molecule has 6 heteroatoms. The van der Waals surface area contributed by atoms with E-state index < -0.39 is 11.7 Å². The first-order valence-corrected chi connectivity index (χ1v) is 5.27. The number of nitrogens with one attached hydrogen (secondary N) is 1. The third-order valence-corrected chi connectivity index (χ3v) is 2.58. The molecule has 2 nitrogen and oxygen atoms in total. The summed E-state index contributed by atoms with van der Waals surface area (Å²) in [4.78, 5) is 3.97. The number of hydrogen-bond acceptors (Lipinski definition) is 3. The summed E-state index contributed by atoms with van der Waals surface area (Å²) in [5, 5.41) is 5.34. The fourth-order valence-electron chi connectivity index (χ4n) is 1.15. The topological polar surface area (TPSA) is 24.9 Å². The van der Waals surface area contributed by atoms with Crippen LogP contribution in [0.1, 0.15) is 5.56 Å². The quantitative estimate of drug-likeness (QED) is 0.866. The molecule has 0 unspecified atom stereocenters. The van der Waals surface area contributed by atoms with Gasteiger partial charge in [-0.05, 0) is 24.3 Å². The number of halogens is 3. The van der Waals surface area contributed by atoms with Gasteiger partial charge in [0.05, 0.1) is 5.56 Å². The van der Waals surface area contributed by atoms with Crippen molar-refractivity contribution >= 4 is 22.2 Å². The van der Waals surface area contributed by atoms with Gasteiger partial charge in [-0.3, -0.25) is 0 Å². The van der Waals surface area contributed by atoms with Crippen LogP contribution in [0.2, 0.25) is 0 Å². The molecule has 0 saturated carbocycles. The molecule has 0 atom stereocenters. The van der Waals surface area contributed by atoms with Gasteiger partial charge in [0, 0.05) is 17.3 Å². The van der Waals surface area contributed by atoms with Gasteiger partial charge < -0.3 is 5.32 Å². The van der Waals surface area contributed by atoms with Gasteiger partial charge in [-0.15, -0.1) is 11.3 Å². The Morgan fingerprint density at radius 2 is 1.81 bits per heavy atom. The molecule has 0 fully saturated rings. The number of rotatable bonds is 2. The molecule has 0 saturated heterocycles. The zero-order chi connectivity index (χ0) is 11.6. The van der Waals surface area contributed by atoms with E-state index >= 15 is 0 Å². The average molecular weight is 244 g/mol. The van der Waals surface area contributed by atoms with Crippen LogP contribution < -0.4 is 5.32 Å². The number of benzene rings is 1. The molecular formula is C10H7F3N2S. The molecule has 0 spiro atoms. The standard InChI is InChI=1S/C10H7F3N2S/c11-10(12,13)7-1-3-8(4-2-7)15-9-14-5-6-16-9/h1-6H,(H,14,15). The van der Waals surface area contributed by atoms with Crippen LogP contribution in [-0.4, -0.2) is 4.98 Å². The Morgan fingerprint density at radius 1 is 1.12 bits per heavy atom. The zero-order valence-corrected chi connectivity index (χ0v) is 8.77. The van der Waals surface area contributed by atoms with Gasteiger partial charge in [-0.25, -0.2) is 4.98 Å². The Bertz CT molecular complexity index is 448. The SMILES string of the molecule is FC(F)(F)c1ccc(Nc2nccs2)cc1. The molecule has 0 bridgehead atoms. The zero-order valence-electron chi connectivity index (χ0n) is 7.95. The maximum atomic E-state index is 12.3. The van der Waals surface area contributed by atoms with Gasteiger partial charge in [-0.2, -0.15) is 13.2 Å². The van der Waals surface area contributed by atoms with Crippen molar-refractivity contribution in [3.05, 3.63) is 41.4 Å². The fraction of sp³-hybridized carbons (Fsp3) is 0.100. The second-order valence-corrected chi connectivity index (χ2v) is 3.93. The molecule has 2 rings (SSSR count). The van der Waals surface area contributed by atoms with E-state index in [4.69, 9.17) is 0 Å². The molecule has 1 aromatic heterocycles. The highest BCUT2D eigenvalue weighted by molar-refractivity contribution is 7.13. The Labute approximate surface area is 93.8 Å². The van der Waals surface area contributed by atoms with E-state index in [0.29, 0.717) is 10.8 Å². The van der Waals surface area contributed by atoms with Crippen molar-refractivity contribution in [3.8, 4) is 0 Å². The fourth-order valence-corrected chi connectivity index (χ4v) is 1.70. The van der Waals surface area contributed by atoms with E-state index in [1.807, 2.05) is 0 Å². The molecule has 2 aromatic rings. The highest BCUT2D eigenvalue weighted by Crippen LogP contribution is 2.30. The lowest BCUT2D eigenvalue weighted by Crippen LogP contribution is -2.04. The average Bonchev–Trinajstić information content (AvgIpc) is 2.70. The van der Waals surface area contributed by atoms with Crippen molar-refractivity contribution in [3.63, 3.8) is 0 Å². The van der Waals surface area contributed by atoms with Gasteiger partial charge in [0.2, 0.25) is 0 Å². The second kappa shape index (κ2) is 4.13. The maximum absolute atomic E-state index is 12.3. The monoisotopic (exact) mass is 244 g/mol. The van der Waals surface area contributed by atoms with E-state index in [0.717, 1.165) is 12.1 Å². The van der Waals surface area contributed by atoms with Crippen LogP contribution >= 0.6 is 11.3 Å². The predicted octanol–water partition coefficient (Wildman–Crippen LogP) is 3.91. The molecule has 0 aliphatic carbocycles.